The molecule has 188 valence electrons. The highest BCUT2D eigenvalue weighted by atomic mass is 31.2. The lowest BCUT2D eigenvalue weighted by Crippen LogP contribution is -2.04. The molecular formula is C23H50O6P2. The van der Waals surface area contributed by atoms with Crippen LogP contribution in [0.3, 0.4) is 0 Å². The second-order valence-corrected chi connectivity index (χ2v) is 12.6. The van der Waals surface area contributed by atoms with Crippen molar-refractivity contribution in [2.45, 2.75) is 111 Å². The first-order valence-corrected chi connectivity index (χ1v) is 16.2. The Kier molecular flexibility index (Phi) is 21.1. The van der Waals surface area contributed by atoms with Crippen LogP contribution in [-0.2, 0) is 27.2 Å². The van der Waals surface area contributed by atoms with E-state index in [1.165, 1.54) is 12.8 Å². The SMILES string of the molecule is CCCCCCOP(=O)(CCCCCCCP(=O)(OCCC)OCCCC)OCCC. The molecule has 8 heteroatoms. The molecule has 0 radical (unpaired) electrons. The van der Waals surface area contributed by atoms with Gasteiger partial charge in [-0.25, -0.2) is 0 Å². The Labute approximate surface area is 192 Å². The molecular weight excluding hydrogens is 434 g/mol. The van der Waals surface area contributed by atoms with Crippen LogP contribution in [0.2, 0.25) is 0 Å². The molecule has 0 saturated heterocycles. The lowest BCUT2D eigenvalue weighted by atomic mass is 10.2. The summed E-state index contributed by atoms with van der Waals surface area (Å²) in [7, 11) is -5.95. The highest BCUT2D eigenvalue weighted by Gasteiger charge is 2.24. The highest BCUT2D eigenvalue weighted by Crippen LogP contribution is 2.50. The minimum absolute atomic E-state index is 0.481. The van der Waals surface area contributed by atoms with Gasteiger partial charge in [-0.05, 0) is 38.5 Å². The van der Waals surface area contributed by atoms with Crippen molar-refractivity contribution in [3.63, 3.8) is 0 Å². The van der Waals surface area contributed by atoms with Gasteiger partial charge in [-0.15, -0.1) is 0 Å². The van der Waals surface area contributed by atoms with E-state index in [4.69, 9.17) is 18.1 Å². The first-order chi connectivity index (χ1) is 14.9. The molecule has 0 aliphatic rings. The van der Waals surface area contributed by atoms with Crippen molar-refractivity contribution in [3.05, 3.63) is 0 Å². The smallest absolute Gasteiger partial charge is 0.309 e. The number of unbranched alkanes of at least 4 members (excludes halogenated alkanes) is 8. The van der Waals surface area contributed by atoms with Crippen molar-refractivity contribution < 1.29 is 27.2 Å². The van der Waals surface area contributed by atoms with Crippen molar-refractivity contribution >= 4 is 15.2 Å². The van der Waals surface area contributed by atoms with E-state index in [9.17, 15) is 9.13 Å². The van der Waals surface area contributed by atoms with Gasteiger partial charge in [-0.2, -0.15) is 0 Å². The molecule has 0 aromatic heterocycles. The zero-order valence-corrected chi connectivity index (χ0v) is 22.6. The van der Waals surface area contributed by atoms with E-state index in [1.54, 1.807) is 0 Å². The summed E-state index contributed by atoms with van der Waals surface area (Å²) in [5.41, 5.74) is 0. The fraction of sp³-hybridized carbons (Fsp3) is 1.00. The van der Waals surface area contributed by atoms with Crippen LogP contribution >= 0.6 is 15.2 Å². The molecule has 0 N–H and O–H groups in total. The summed E-state index contributed by atoms with van der Waals surface area (Å²) in [5, 5.41) is 0. The summed E-state index contributed by atoms with van der Waals surface area (Å²) in [4.78, 5) is 0. The monoisotopic (exact) mass is 484 g/mol. The molecule has 0 aliphatic carbocycles. The summed E-state index contributed by atoms with van der Waals surface area (Å²) in [6, 6.07) is 0. The number of hydrogen-bond donors (Lipinski definition) is 0. The minimum atomic E-state index is -2.98. The maximum Gasteiger partial charge on any atom is 0.330 e. The van der Waals surface area contributed by atoms with Gasteiger partial charge < -0.3 is 18.1 Å². The van der Waals surface area contributed by atoms with Crippen molar-refractivity contribution in [2.75, 3.05) is 38.8 Å². The number of hydrogen-bond acceptors (Lipinski definition) is 6. The molecule has 2 atom stereocenters. The molecule has 0 bridgehead atoms. The summed E-state index contributed by atoms with van der Waals surface area (Å²) < 4.78 is 48.2. The fourth-order valence-electron chi connectivity index (χ4n) is 3.02. The molecule has 0 heterocycles. The Morgan fingerprint density at radius 1 is 0.419 bits per heavy atom. The molecule has 6 nitrogen and oxygen atoms in total. The third-order valence-electron chi connectivity index (χ3n) is 4.92. The van der Waals surface area contributed by atoms with Crippen LogP contribution in [0.1, 0.15) is 111 Å². The first kappa shape index (κ1) is 31.3. The van der Waals surface area contributed by atoms with E-state index >= 15 is 0 Å². The van der Waals surface area contributed by atoms with Crippen LogP contribution in [0, 0.1) is 0 Å². The predicted molar refractivity (Wildman–Crippen MR) is 131 cm³/mol. The fourth-order valence-corrected chi connectivity index (χ4v) is 6.64. The predicted octanol–water partition coefficient (Wildman–Crippen LogP) is 8.59. The van der Waals surface area contributed by atoms with Gasteiger partial charge in [0, 0.05) is 0 Å². The van der Waals surface area contributed by atoms with E-state index < -0.39 is 15.2 Å². The Hall–Kier alpha value is 0.300. The molecule has 0 saturated carbocycles. The van der Waals surface area contributed by atoms with Crippen molar-refractivity contribution in [2.24, 2.45) is 0 Å². The Morgan fingerprint density at radius 3 is 1.26 bits per heavy atom. The average molecular weight is 485 g/mol. The Morgan fingerprint density at radius 2 is 0.806 bits per heavy atom. The quantitative estimate of drug-likeness (QED) is 0.101. The zero-order chi connectivity index (χ0) is 23.3. The molecule has 0 amide bonds. The number of rotatable bonds is 24. The second-order valence-electron chi connectivity index (χ2n) is 8.18. The van der Waals surface area contributed by atoms with Gasteiger partial charge in [0.05, 0.1) is 38.8 Å². The molecule has 2 unspecified atom stereocenters. The Balaban J connectivity index is 4.15. The summed E-state index contributed by atoms with van der Waals surface area (Å²) in [5.74, 6) is 0. The normalized spacial score (nSPS) is 15.6. The third-order valence-corrected chi connectivity index (χ3v) is 8.95. The molecule has 0 fully saturated rings. The topological polar surface area (TPSA) is 71.1 Å². The zero-order valence-electron chi connectivity index (χ0n) is 20.8. The molecule has 0 rings (SSSR count). The molecule has 0 aliphatic heterocycles. The van der Waals surface area contributed by atoms with Crippen LogP contribution in [0.15, 0.2) is 0 Å². The maximum atomic E-state index is 12.9. The van der Waals surface area contributed by atoms with Gasteiger partial charge >= 0.3 is 15.2 Å². The second kappa shape index (κ2) is 20.9. The van der Waals surface area contributed by atoms with Crippen LogP contribution in [0.25, 0.3) is 0 Å². The van der Waals surface area contributed by atoms with Crippen molar-refractivity contribution in [3.8, 4) is 0 Å². The summed E-state index contributed by atoms with van der Waals surface area (Å²) in [6.45, 7) is 10.3. The van der Waals surface area contributed by atoms with E-state index in [2.05, 4.69) is 13.8 Å². The average Bonchev–Trinajstić information content (AvgIpc) is 2.76. The lowest BCUT2D eigenvalue weighted by Gasteiger charge is -2.19. The molecule has 0 aromatic carbocycles. The molecule has 0 aromatic rings. The minimum Gasteiger partial charge on any atom is -0.309 e. The third kappa shape index (κ3) is 18.4. The summed E-state index contributed by atoms with van der Waals surface area (Å²) in [6.07, 6.45) is 13.6. The van der Waals surface area contributed by atoms with Crippen LogP contribution < -0.4 is 0 Å². The lowest BCUT2D eigenvalue weighted by molar-refractivity contribution is 0.200. The maximum absolute atomic E-state index is 12.9. The van der Waals surface area contributed by atoms with Gasteiger partial charge in [0.25, 0.3) is 0 Å². The molecule has 31 heavy (non-hydrogen) atoms. The van der Waals surface area contributed by atoms with Crippen molar-refractivity contribution in [1.29, 1.82) is 0 Å². The van der Waals surface area contributed by atoms with Gasteiger partial charge in [0.15, 0.2) is 0 Å². The van der Waals surface area contributed by atoms with Crippen LogP contribution in [0.4, 0.5) is 0 Å². The van der Waals surface area contributed by atoms with Crippen LogP contribution in [-0.4, -0.2) is 38.8 Å². The summed E-state index contributed by atoms with van der Waals surface area (Å²) >= 11 is 0. The van der Waals surface area contributed by atoms with E-state index in [-0.39, 0.29) is 0 Å². The van der Waals surface area contributed by atoms with Gasteiger partial charge in [-0.3, -0.25) is 9.13 Å². The van der Waals surface area contributed by atoms with E-state index in [0.717, 1.165) is 70.6 Å². The van der Waals surface area contributed by atoms with Gasteiger partial charge in [-0.1, -0.05) is 72.6 Å². The standard InChI is InChI=1S/C23H50O6P2/c1-5-9-11-15-21-29-31(25,27-19-8-4)23-17-14-12-13-16-22-30(24,26-18-7-3)28-20-10-6-2/h5-23H2,1-4H3. The Bertz CT molecular complexity index is 487. The van der Waals surface area contributed by atoms with Gasteiger partial charge in [0.2, 0.25) is 0 Å². The first-order valence-electron chi connectivity index (χ1n) is 12.7. The molecule has 0 spiro atoms. The highest BCUT2D eigenvalue weighted by molar-refractivity contribution is 7.54. The van der Waals surface area contributed by atoms with E-state index in [0.29, 0.717) is 38.8 Å². The largest absolute Gasteiger partial charge is 0.330 e. The van der Waals surface area contributed by atoms with Gasteiger partial charge in [0.1, 0.15) is 0 Å². The van der Waals surface area contributed by atoms with Crippen molar-refractivity contribution in [1.82, 2.24) is 0 Å². The van der Waals surface area contributed by atoms with E-state index in [1.807, 2.05) is 13.8 Å². The van der Waals surface area contributed by atoms with Crippen LogP contribution in [0.5, 0.6) is 0 Å².